The van der Waals surface area contributed by atoms with Crippen molar-refractivity contribution < 1.29 is 9.59 Å². The highest BCUT2D eigenvalue weighted by molar-refractivity contribution is 5.98. The Labute approximate surface area is 148 Å². The van der Waals surface area contributed by atoms with Crippen LogP contribution < -0.4 is 21.7 Å². The lowest BCUT2D eigenvalue weighted by Crippen LogP contribution is -2.31. The number of hydrogen-bond donors (Lipinski definition) is 4. The van der Waals surface area contributed by atoms with Gasteiger partial charge in [0.1, 0.15) is 0 Å². The largest absolute Gasteiger partial charge is 0.269 e. The molecule has 0 aliphatic carbocycles. The number of carbonyl (C=O) groups is 2. The van der Waals surface area contributed by atoms with E-state index in [4.69, 9.17) is 0 Å². The number of nitrogens with one attached hydrogen (secondary N) is 4. The van der Waals surface area contributed by atoms with E-state index in [-0.39, 0.29) is 23.7 Å². The van der Waals surface area contributed by atoms with Gasteiger partial charge in [0, 0.05) is 35.9 Å². The van der Waals surface area contributed by atoms with Gasteiger partial charge in [0.25, 0.3) is 11.8 Å². The molecule has 0 atom stereocenters. The lowest BCUT2D eigenvalue weighted by Gasteiger charge is -2.08. The number of rotatable bonds is 6. The third-order valence-electron chi connectivity index (χ3n) is 3.12. The van der Waals surface area contributed by atoms with Crippen LogP contribution in [0.1, 0.15) is 20.7 Å². The first-order valence-electron chi connectivity index (χ1n) is 7.49. The molecule has 0 unspecified atom stereocenters. The van der Waals surface area contributed by atoms with Crippen LogP contribution in [0.15, 0.2) is 61.2 Å². The third-order valence-corrected chi connectivity index (χ3v) is 3.12. The summed E-state index contributed by atoms with van der Waals surface area (Å²) < 4.78 is 0. The average Bonchev–Trinajstić information content (AvgIpc) is 2.72. The molecule has 10 heteroatoms. The van der Waals surface area contributed by atoms with Crippen LogP contribution in [0.4, 0.5) is 11.9 Å². The molecule has 26 heavy (non-hydrogen) atoms. The fraction of sp³-hybridized carbons (Fsp3) is 0. The molecular formula is C16H14N8O2. The van der Waals surface area contributed by atoms with Gasteiger partial charge in [-0.2, -0.15) is 0 Å². The highest BCUT2D eigenvalue weighted by atomic mass is 16.2. The molecule has 10 nitrogen and oxygen atoms in total. The SMILES string of the molecule is O=C(NNc1ncccn1)c1ccc(C(=O)NNc2ncccn2)cc1. The number of hydrogen-bond acceptors (Lipinski definition) is 8. The second kappa shape index (κ2) is 8.15. The van der Waals surface area contributed by atoms with Gasteiger partial charge in [0.05, 0.1) is 0 Å². The van der Waals surface area contributed by atoms with Crippen LogP contribution in [-0.4, -0.2) is 31.8 Å². The Morgan fingerprint density at radius 3 is 1.31 bits per heavy atom. The Morgan fingerprint density at radius 2 is 0.962 bits per heavy atom. The van der Waals surface area contributed by atoms with E-state index in [0.29, 0.717) is 11.1 Å². The van der Waals surface area contributed by atoms with Crippen molar-refractivity contribution in [1.82, 2.24) is 30.8 Å². The molecule has 2 aromatic heterocycles. The zero-order valence-corrected chi connectivity index (χ0v) is 13.4. The normalized spacial score (nSPS) is 9.85. The van der Waals surface area contributed by atoms with Gasteiger partial charge in [-0.05, 0) is 36.4 Å². The molecule has 2 amide bonds. The topological polar surface area (TPSA) is 134 Å². The van der Waals surface area contributed by atoms with Gasteiger partial charge in [-0.3, -0.25) is 31.3 Å². The van der Waals surface area contributed by atoms with Gasteiger partial charge in [-0.25, -0.2) is 19.9 Å². The second-order valence-corrected chi connectivity index (χ2v) is 4.88. The maximum Gasteiger partial charge on any atom is 0.269 e. The minimum atomic E-state index is -0.389. The molecule has 3 aromatic rings. The summed E-state index contributed by atoms with van der Waals surface area (Å²) in [5, 5.41) is 0. The summed E-state index contributed by atoms with van der Waals surface area (Å²) in [7, 11) is 0. The third kappa shape index (κ3) is 4.47. The summed E-state index contributed by atoms with van der Waals surface area (Å²) in [4.78, 5) is 39.8. The van der Waals surface area contributed by atoms with Gasteiger partial charge >= 0.3 is 0 Å². The van der Waals surface area contributed by atoms with E-state index in [1.54, 1.807) is 36.9 Å². The summed E-state index contributed by atoms with van der Waals surface area (Å²) in [6, 6.07) is 9.42. The molecule has 130 valence electrons. The van der Waals surface area contributed by atoms with Crippen LogP contribution in [0.5, 0.6) is 0 Å². The number of benzene rings is 1. The number of aromatic nitrogens is 4. The van der Waals surface area contributed by atoms with E-state index in [2.05, 4.69) is 41.6 Å². The predicted molar refractivity (Wildman–Crippen MR) is 92.7 cm³/mol. The zero-order chi connectivity index (χ0) is 18.2. The lowest BCUT2D eigenvalue weighted by molar-refractivity contribution is 0.0950. The molecule has 0 aliphatic rings. The van der Waals surface area contributed by atoms with E-state index in [1.807, 2.05) is 0 Å². The van der Waals surface area contributed by atoms with Gasteiger partial charge in [-0.15, -0.1) is 0 Å². The molecule has 4 N–H and O–H groups in total. The summed E-state index contributed by atoms with van der Waals surface area (Å²) in [6.45, 7) is 0. The van der Waals surface area contributed by atoms with Gasteiger partial charge in [-0.1, -0.05) is 0 Å². The highest BCUT2D eigenvalue weighted by Crippen LogP contribution is 2.05. The van der Waals surface area contributed by atoms with Crippen LogP contribution in [0, 0.1) is 0 Å². The summed E-state index contributed by atoms with van der Waals surface area (Å²) >= 11 is 0. The molecule has 2 heterocycles. The molecule has 0 aliphatic heterocycles. The minimum absolute atomic E-state index is 0.269. The predicted octanol–water partition coefficient (Wildman–Crippen LogP) is 0.780. The van der Waals surface area contributed by atoms with Crippen molar-refractivity contribution in [1.29, 1.82) is 0 Å². The van der Waals surface area contributed by atoms with E-state index in [9.17, 15) is 9.59 Å². The molecule has 0 saturated carbocycles. The van der Waals surface area contributed by atoms with Crippen LogP contribution >= 0.6 is 0 Å². The Morgan fingerprint density at radius 1 is 0.615 bits per heavy atom. The summed E-state index contributed by atoms with van der Waals surface area (Å²) in [5.74, 6) is -0.238. The zero-order valence-electron chi connectivity index (χ0n) is 13.4. The van der Waals surface area contributed by atoms with Gasteiger partial charge in [0.2, 0.25) is 11.9 Å². The average molecular weight is 350 g/mol. The lowest BCUT2D eigenvalue weighted by atomic mass is 10.1. The van der Waals surface area contributed by atoms with Crippen molar-refractivity contribution in [3.05, 3.63) is 72.3 Å². The number of carbonyl (C=O) groups excluding carboxylic acids is 2. The smallest absolute Gasteiger partial charge is 0.267 e. The van der Waals surface area contributed by atoms with E-state index in [1.165, 1.54) is 24.3 Å². The Bertz CT molecular complexity index is 797. The van der Waals surface area contributed by atoms with Crippen molar-refractivity contribution in [3.63, 3.8) is 0 Å². The molecule has 3 rings (SSSR count). The first-order chi connectivity index (χ1) is 12.7. The number of nitrogens with zero attached hydrogens (tertiary/aromatic N) is 4. The molecule has 1 aromatic carbocycles. The molecule has 0 saturated heterocycles. The van der Waals surface area contributed by atoms with Gasteiger partial charge in [0.15, 0.2) is 0 Å². The van der Waals surface area contributed by atoms with Crippen molar-refractivity contribution in [2.75, 3.05) is 10.9 Å². The highest BCUT2D eigenvalue weighted by Gasteiger charge is 2.09. The van der Waals surface area contributed by atoms with E-state index >= 15 is 0 Å². The maximum atomic E-state index is 12.1. The second-order valence-electron chi connectivity index (χ2n) is 4.88. The van der Waals surface area contributed by atoms with Crippen LogP contribution in [0.25, 0.3) is 0 Å². The van der Waals surface area contributed by atoms with Crippen molar-refractivity contribution >= 4 is 23.7 Å². The fourth-order valence-electron chi connectivity index (χ4n) is 1.87. The minimum Gasteiger partial charge on any atom is -0.267 e. The number of anilines is 2. The maximum absolute atomic E-state index is 12.1. The Balaban J connectivity index is 1.53. The van der Waals surface area contributed by atoms with E-state index < -0.39 is 0 Å². The van der Waals surface area contributed by atoms with Crippen LogP contribution in [0.3, 0.4) is 0 Å². The Kier molecular flexibility index (Phi) is 5.25. The van der Waals surface area contributed by atoms with Crippen LogP contribution in [0.2, 0.25) is 0 Å². The number of hydrazine groups is 2. The molecule has 0 fully saturated rings. The quantitative estimate of drug-likeness (QED) is 0.479. The van der Waals surface area contributed by atoms with Crippen molar-refractivity contribution in [3.8, 4) is 0 Å². The first-order valence-corrected chi connectivity index (χ1v) is 7.49. The first kappa shape index (κ1) is 16.8. The summed E-state index contributed by atoms with van der Waals surface area (Å²) in [6.07, 6.45) is 6.18. The van der Waals surface area contributed by atoms with Crippen LogP contribution in [-0.2, 0) is 0 Å². The van der Waals surface area contributed by atoms with E-state index in [0.717, 1.165) is 0 Å². The molecule has 0 radical (unpaired) electrons. The van der Waals surface area contributed by atoms with Gasteiger partial charge < -0.3 is 0 Å². The molecular weight excluding hydrogens is 336 g/mol. The van der Waals surface area contributed by atoms with Crippen molar-refractivity contribution in [2.45, 2.75) is 0 Å². The molecule has 0 spiro atoms. The number of amides is 2. The Hall–Kier alpha value is -4.08. The monoisotopic (exact) mass is 350 g/mol. The standard InChI is InChI=1S/C16H14N8O2/c25-13(21-23-15-17-7-1-8-18-15)11-3-5-12(6-4-11)14(26)22-24-16-19-9-2-10-20-16/h1-10H,(H,21,25)(H,22,26)(H,17,18,23)(H,19,20,24). The van der Waals surface area contributed by atoms with Crippen molar-refractivity contribution in [2.24, 2.45) is 0 Å². The summed E-state index contributed by atoms with van der Waals surface area (Å²) in [5.41, 5.74) is 10.9. The fourth-order valence-corrected chi connectivity index (χ4v) is 1.87. The molecule has 0 bridgehead atoms.